The maximum absolute atomic E-state index is 12.2. The number of nitrogens with two attached hydrogens (primary N) is 1. The number of amides is 1. The van der Waals surface area contributed by atoms with E-state index >= 15 is 0 Å². The Morgan fingerprint density at radius 1 is 1.39 bits per heavy atom. The highest BCUT2D eigenvalue weighted by Crippen LogP contribution is 2.27. The van der Waals surface area contributed by atoms with Gasteiger partial charge >= 0.3 is 0 Å². The van der Waals surface area contributed by atoms with Crippen molar-refractivity contribution in [2.75, 3.05) is 5.32 Å². The van der Waals surface area contributed by atoms with Crippen LogP contribution in [0.4, 0.5) is 5.69 Å². The Bertz CT molecular complexity index is 447. The molecule has 0 heterocycles. The Morgan fingerprint density at radius 2 is 2.11 bits per heavy atom. The van der Waals surface area contributed by atoms with E-state index in [0.29, 0.717) is 0 Å². The molecule has 0 saturated heterocycles. The first kappa shape index (κ1) is 13.6. The number of carbonyl (C=O) groups excluding carboxylic acids is 1. The molecule has 98 valence electrons. The highest BCUT2D eigenvalue weighted by molar-refractivity contribution is 9.10. The molecule has 1 aliphatic rings. The Balaban J connectivity index is 2.09. The molecule has 3 nitrogen and oxygen atoms in total. The summed E-state index contributed by atoms with van der Waals surface area (Å²) in [6.45, 7) is 1.99. The molecule has 1 aromatic carbocycles. The van der Waals surface area contributed by atoms with Gasteiger partial charge in [-0.15, -0.1) is 0 Å². The smallest absolute Gasteiger partial charge is 0.229 e. The van der Waals surface area contributed by atoms with Gasteiger partial charge in [-0.25, -0.2) is 0 Å². The zero-order chi connectivity index (χ0) is 13.1. The quantitative estimate of drug-likeness (QED) is 0.881. The lowest BCUT2D eigenvalue weighted by molar-refractivity contribution is -0.121. The first-order valence-corrected chi connectivity index (χ1v) is 7.20. The second-order valence-electron chi connectivity index (χ2n) is 4.96. The predicted molar refractivity (Wildman–Crippen MR) is 77.4 cm³/mol. The fraction of sp³-hybridized carbons (Fsp3) is 0.500. The number of hydrogen-bond acceptors (Lipinski definition) is 2. The minimum atomic E-state index is -0.0443. The molecule has 0 aliphatic heterocycles. The molecule has 4 heteroatoms. The van der Waals surface area contributed by atoms with Crippen molar-refractivity contribution in [3.63, 3.8) is 0 Å². The topological polar surface area (TPSA) is 55.1 Å². The van der Waals surface area contributed by atoms with Crippen LogP contribution in [0.5, 0.6) is 0 Å². The van der Waals surface area contributed by atoms with Crippen LogP contribution in [0.25, 0.3) is 0 Å². The Kier molecular flexibility index (Phi) is 4.40. The zero-order valence-electron chi connectivity index (χ0n) is 10.6. The molecule has 0 radical (unpaired) electrons. The van der Waals surface area contributed by atoms with E-state index in [0.717, 1.165) is 41.4 Å². The van der Waals surface area contributed by atoms with Gasteiger partial charge in [0.15, 0.2) is 0 Å². The van der Waals surface area contributed by atoms with Crippen molar-refractivity contribution in [1.29, 1.82) is 0 Å². The SMILES string of the molecule is Cc1c(Br)cccc1NC(=O)C1CCCCC1N. The van der Waals surface area contributed by atoms with E-state index in [4.69, 9.17) is 5.73 Å². The van der Waals surface area contributed by atoms with E-state index in [9.17, 15) is 4.79 Å². The van der Waals surface area contributed by atoms with Crippen molar-refractivity contribution in [1.82, 2.24) is 0 Å². The van der Waals surface area contributed by atoms with Crippen LogP contribution in [-0.2, 0) is 4.79 Å². The second kappa shape index (κ2) is 5.85. The van der Waals surface area contributed by atoms with E-state index in [2.05, 4.69) is 21.2 Å². The monoisotopic (exact) mass is 310 g/mol. The van der Waals surface area contributed by atoms with Gasteiger partial charge in [0, 0.05) is 16.2 Å². The number of hydrogen-bond donors (Lipinski definition) is 2. The van der Waals surface area contributed by atoms with Crippen LogP contribution < -0.4 is 11.1 Å². The van der Waals surface area contributed by atoms with Crippen molar-refractivity contribution in [2.45, 2.75) is 38.6 Å². The molecular weight excluding hydrogens is 292 g/mol. The zero-order valence-corrected chi connectivity index (χ0v) is 12.2. The summed E-state index contributed by atoms with van der Waals surface area (Å²) >= 11 is 3.47. The third-order valence-corrected chi connectivity index (χ3v) is 4.54. The third kappa shape index (κ3) is 2.93. The fourth-order valence-corrected chi connectivity index (χ4v) is 2.82. The van der Waals surface area contributed by atoms with Gasteiger partial charge in [0.05, 0.1) is 5.92 Å². The summed E-state index contributed by atoms with van der Waals surface area (Å²) in [7, 11) is 0. The number of halogens is 1. The normalized spacial score (nSPS) is 23.7. The average molecular weight is 311 g/mol. The Labute approximate surface area is 116 Å². The summed E-state index contributed by atoms with van der Waals surface area (Å²) in [6, 6.07) is 5.82. The standard InChI is InChI=1S/C14H19BrN2O/c1-9-11(15)6-4-8-13(9)17-14(18)10-5-2-3-7-12(10)16/h4,6,8,10,12H,2-3,5,7,16H2,1H3,(H,17,18). The molecule has 2 atom stereocenters. The number of nitrogens with one attached hydrogen (secondary N) is 1. The van der Waals surface area contributed by atoms with Crippen LogP contribution in [0.2, 0.25) is 0 Å². The van der Waals surface area contributed by atoms with Crippen LogP contribution in [0, 0.1) is 12.8 Å². The summed E-state index contributed by atoms with van der Waals surface area (Å²) in [5, 5.41) is 3.00. The molecule has 1 saturated carbocycles. The first-order valence-electron chi connectivity index (χ1n) is 6.41. The molecule has 0 aromatic heterocycles. The summed E-state index contributed by atoms with van der Waals surface area (Å²) in [6.07, 6.45) is 4.10. The van der Waals surface area contributed by atoms with Gasteiger partial charge in [0.2, 0.25) is 5.91 Å². The van der Waals surface area contributed by atoms with Gasteiger partial charge in [-0.05, 0) is 37.5 Å². The van der Waals surface area contributed by atoms with Gasteiger partial charge in [-0.3, -0.25) is 4.79 Å². The highest BCUT2D eigenvalue weighted by Gasteiger charge is 2.28. The van der Waals surface area contributed by atoms with Gasteiger partial charge in [0.25, 0.3) is 0 Å². The van der Waals surface area contributed by atoms with Crippen molar-refractivity contribution < 1.29 is 4.79 Å². The van der Waals surface area contributed by atoms with Gasteiger partial charge in [-0.2, -0.15) is 0 Å². The fourth-order valence-electron chi connectivity index (χ4n) is 2.45. The van der Waals surface area contributed by atoms with Crippen LogP contribution >= 0.6 is 15.9 Å². The largest absolute Gasteiger partial charge is 0.327 e. The number of benzene rings is 1. The molecule has 2 rings (SSSR count). The summed E-state index contributed by atoms with van der Waals surface area (Å²) < 4.78 is 1.01. The average Bonchev–Trinajstić information content (AvgIpc) is 2.35. The third-order valence-electron chi connectivity index (χ3n) is 3.68. The van der Waals surface area contributed by atoms with Crippen molar-refractivity contribution >= 4 is 27.5 Å². The van der Waals surface area contributed by atoms with Gasteiger partial charge < -0.3 is 11.1 Å². The molecule has 0 bridgehead atoms. The molecule has 0 spiro atoms. The summed E-state index contributed by atoms with van der Waals surface area (Å²) in [5.74, 6) is 0.0144. The van der Waals surface area contributed by atoms with E-state index in [1.54, 1.807) is 0 Å². The lowest BCUT2D eigenvalue weighted by Crippen LogP contribution is -2.40. The van der Waals surface area contributed by atoms with Crippen LogP contribution in [0.1, 0.15) is 31.2 Å². The number of carbonyl (C=O) groups is 1. The summed E-state index contributed by atoms with van der Waals surface area (Å²) in [5.41, 5.74) is 7.95. The Hall–Kier alpha value is -0.870. The molecule has 18 heavy (non-hydrogen) atoms. The molecule has 1 amide bonds. The number of rotatable bonds is 2. The minimum Gasteiger partial charge on any atom is -0.327 e. The number of anilines is 1. The molecule has 1 fully saturated rings. The highest BCUT2D eigenvalue weighted by atomic mass is 79.9. The molecule has 1 aliphatic carbocycles. The van der Waals surface area contributed by atoms with Crippen molar-refractivity contribution in [3.8, 4) is 0 Å². The molecule has 3 N–H and O–H groups in total. The predicted octanol–water partition coefficient (Wildman–Crippen LogP) is 3.21. The maximum atomic E-state index is 12.2. The Morgan fingerprint density at radius 3 is 2.83 bits per heavy atom. The van der Waals surface area contributed by atoms with E-state index < -0.39 is 0 Å². The van der Waals surface area contributed by atoms with E-state index in [-0.39, 0.29) is 17.9 Å². The minimum absolute atomic E-state index is 0.00575. The second-order valence-corrected chi connectivity index (χ2v) is 5.81. The van der Waals surface area contributed by atoms with Crippen LogP contribution in [0.15, 0.2) is 22.7 Å². The molecule has 1 aromatic rings. The van der Waals surface area contributed by atoms with Crippen molar-refractivity contribution in [2.24, 2.45) is 11.7 Å². The van der Waals surface area contributed by atoms with Crippen molar-refractivity contribution in [3.05, 3.63) is 28.2 Å². The summed E-state index contributed by atoms with van der Waals surface area (Å²) in [4.78, 5) is 12.2. The lowest BCUT2D eigenvalue weighted by atomic mass is 9.84. The van der Waals surface area contributed by atoms with E-state index in [1.807, 2.05) is 25.1 Å². The van der Waals surface area contributed by atoms with E-state index in [1.165, 1.54) is 0 Å². The molecular formula is C14H19BrN2O. The first-order chi connectivity index (χ1) is 8.59. The van der Waals surface area contributed by atoms with Gasteiger partial charge in [-0.1, -0.05) is 34.8 Å². The lowest BCUT2D eigenvalue weighted by Gasteiger charge is -2.27. The van der Waals surface area contributed by atoms with Crippen LogP contribution in [0.3, 0.4) is 0 Å². The van der Waals surface area contributed by atoms with Crippen LogP contribution in [-0.4, -0.2) is 11.9 Å². The van der Waals surface area contributed by atoms with Gasteiger partial charge in [0.1, 0.15) is 0 Å². The maximum Gasteiger partial charge on any atom is 0.229 e. The molecule has 2 unspecified atom stereocenters.